The van der Waals surface area contributed by atoms with Crippen LogP contribution in [0.25, 0.3) is 0 Å². The molecule has 2 nitrogen and oxygen atoms in total. The zero-order valence-corrected chi connectivity index (χ0v) is 11.3. The molecule has 0 aliphatic heterocycles. The zero-order chi connectivity index (χ0) is 13.7. The van der Waals surface area contributed by atoms with E-state index in [1.807, 2.05) is 7.05 Å². The predicted molar refractivity (Wildman–Crippen MR) is 70.4 cm³/mol. The van der Waals surface area contributed by atoms with Crippen molar-refractivity contribution in [3.05, 3.63) is 35.4 Å². The van der Waals surface area contributed by atoms with E-state index in [2.05, 4.69) is 18.7 Å². The molecule has 1 unspecified atom stereocenters. The fourth-order valence-electron chi connectivity index (χ4n) is 2.15. The Hall–Kier alpha value is -1.00. The average molecular weight is 256 g/mol. The Morgan fingerprint density at radius 3 is 2.44 bits per heavy atom. The predicted octanol–water partition coefficient (Wildman–Crippen LogP) is 2.42. The van der Waals surface area contributed by atoms with Crippen molar-refractivity contribution in [1.29, 1.82) is 0 Å². The highest BCUT2D eigenvalue weighted by atomic mass is 19.1. The van der Waals surface area contributed by atoms with Crippen LogP contribution in [0.5, 0.6) is 0 Å². The maximum atomic E-state index is 13.5. The van der Waals surface area contributed by atoms with Gasteiger partial charge in [-0.1, -0.05) is 19.9 Å². The van der Waals surface area contributed by atoms with Crippen molar-refractivity contribution in [3.8, 4) is 0 Å². The monoisotopic (exact) mass is 256 g/mol. The van der Waals surface area contributed by atoms with Gasteiger partial charge in [0.1, 0.15) is 11.6 Å². The van der Waals surface area contributed by atoms with E-state index in [0.717, 1.165) is 6.07 Å². The number of benzene rings is 1. The van der Waals surface area contributed by atoms with Crippen molar-refractivity contribution in [2.24, 2.45) is 11.7 Å². The summed E-state index contributed by atoms with van der Waals surface area (Å²) < 4.78 is 26.2. The summed E-state index contributed by atoms with van der Waals surface area (Å²) in [6.45, 7) is 5.53. The maximum Gasteiger partial charge on any atom is 0.129 e. The van der Waals surface area contributed by atoms with Crippen LogP contribution < -0.4 is 5.73 Å². The summed E-state index contributed by atoms with van der Waals surface area (Å²) in [5.41, 5.74) is 6.27. The summed E-state index contributed by atoms with van der Waals surface area (Å²) in [5.74, 6) is -0.554. The summed E-state index contributed by atoms with van der Waals surface area (Å²) in [6, 6.07) is 4.01. The van der Waals surface area contributed by atoms with E-state index in [-0.39, 0.29) is 6.04 Å². The van der Waals surface area contributed by atoms with Gasteiger partial charge in [-0.3, -0.25) is 0 Å². The number of hydrogen-bond acceptors (Lipinski definition) is 2. The smallest absolute Gasteiger partial charge is 0.129 e. The van der Waals surface area contributed by atoms with Gasteiger partial charge in [0.05, 0.1) is 0 Å². The molecule has 18 heavy (non-hydrogen) atoms. The Morgan fingerprint density at radius 2 is 1.94 bits per heavy atom. The number of nitrogens with zero attached hydrogens (tertiary/aromatic N) is 1. The van der Waals surface area contributed by atoms with E-state index < -0.39 is 11.6 Å². The number of halogens is 2. The molecule has 0 aliphatic carbocycles. The number of nitrogens with two attached hydrogens (primary N) is 1. The fourth-order valence-corrected chi connectivity index (χ4v) is 2.15. The SMILES string of the molecule is CC(C)C(CN)N(C)CCc1ccc(F)cc1F. The van der Waals surface area contributed by atoms with Gasteiger partial charge in [-0.05, 0) is 31.0 Å². The molecule has 0 spiro atoms. The minimum Gasteiger partial charge on any atom is -0.329 e. The van der Waals surface area contributed by atoms with Gasteiger partial charge in [0.2, 0.25) is 0 Å². The molecule has 0 bridgehead atoms. The molecular weight excluding hydrogens is 234 g/mol. The zero-order valence-electron chi connectivity index (χ0n) is 11.3. The Balaban J connectivity index is 2.59. The first-order valence-electron chi connectivity index (χ1n) is 6.30. The van der Waals surface area contributed by atoms with E-state index in [4.69, 9.17) is 5.73 Å². The second-order valence-electron chi connectivity index (χ2n) is 5.01. The quantitative estimate of drug-likeness (QED) is 0.847. The average Bonchev–Trinajstić information content (AvgIpc) is 2.28. The Morgan fingerprint density at radius 1 is 1.28 bits per heavy atom. The van der Waals surface area contributed by atoms with Crippen LogP contribution in [0.15, 0.2) is 18.2 Å². The van der Waals surface area contributed by atoms with Crippen LogP contribution in [0.3, 0.4) is 0 Å². The third-order valence-corrected chi connectivity index (χ3v) is 3.33. The third-order valence-electron chi connectivity index (χ3n) is 3.33. The minimum atomic E-state index is -0.536. The van der Waals surface area contributed by atoms with Crippen LogP contribution in [0.2, 0.25) is 0 Å². The second kappa shape index (κ2) is 6.81. The van der Waals surface area contributed by atoms with E-state index in [1.165, 1.54) is 12.1 Å². The largest absolute Gasteiger partial charge is 0.329 e. The van der Waals surface area contributed by atoms with Crippen molar-refractivity contribution in [1.82, 2.24) is 4.90 Å². The molecule has 1 atom stereocenters. The molecule has 102 valence electrons. The summed E-state index contributed by atoms with van der Waals surface area (Å²) in [4.78, 5) is 2.13. The number of hydrogen-bond donors (Lipinski definition) is 1. The van der Waals surface area contributed by atoms with Crippen molar-refractivity contribution in [2.45, 2.75) is 26.3 Å². The van der Waals surface area contributed by atoms with Gasteiger partial charge in [0, 0.05) is 25.2 Å². The summed E-state index contributed by atoms with van der Waals surface area (Å²) in [7, 11) is 1.99. The Bertz CT molecular complexity index is 380. The topological polar surface area (TPSA) is 29.3 Å². The van der Waals surface area contributed by atoms with Crippen LogP contribution in [0, 0.1) is 17.6 Å². The van der Waals surface area contributed by atoms with Crippen LogP contribution in [-0.2, 0) is 6.42 Å². The van der Waals surface area contributed by atoms with E-state index >= 15 is 0 Å². The molecule has 0 radical (unpaired) electrons. The van der Waals surface area contributed by atoms with Crippen LogP contribution >= 0.6 is 0 Å². The van der Waals surface area contributed by atoms with Crippen molar-refractivity contribution < 1.29 is 8.78 Å². The first-order chi connectivity index (χ1) is 8.45. The highest BCUT2D eigenvalue weighted by Gasteiger charge is 2.17. The van der Waals surface area contributed by atoms with Gasteiger partial charge >= 0.3 is 0 Å². The summed E-state index contributed by atoms with van der Waals surface area (Å²) >= 11 is 0. The molecule has 0 aromatic heterocycles. The molecule has 1 aromatic rings. The molecule has 0 saturated carbocycles. The van der Waals surface area contributed by atoms with Crippen molar-refractivity contribution >= 4 is 0 Å². The molecule has 0 saturated heterocycles. The summed E-state index contributed by atoms with van der Waals surface area (Å²) in [6.07, 6.45) is 0.561. The molecule has 2 N–H and O–H groups in total. The number of likely N-dealkylation sites (N-methyl/N-ethyl adjacent to an activating group) is 1. The lowest BCUT2D eigenvalue weighted by molar-refractivity contribution is 0.199. The van der Waals surface area contributed by atoms with Crippen molar-refractivity contribution in [3.63, 3.8) is 0 Å². The van der Waals surface area contributed by atoms with E-state index in [1.54, 1.807) is 0 Å². The van der Waals surface area contributed by atoms with E-state index in [9.17, 15) is 8.78 Å². The molecular formula is C14H22F2N2. The van der Waals surface area contributed by atoms with Gasteiger partial charge in [-0.15, -0.1) is 0 Å². The molecule has 1 rings (SSSR count). The van der Waals surface area contributed by atoms with Gasteiger partial charge in [0.25, 0.3) is 0 Å². The highest BCUT2D eigenvalue weighted by Crippen LogP contribution is 2.13. The Labute approximate surface area is 108 Å². The lowest BCUT2D eigenvalue weighted by Gasteiger charge is -2.30. The molecule has 0 heterocycles. The number of rotatable bonds is 6. The second-order valence-corrected chi connectivity index (χ2v) is 5.01. The van der Waals surface area contributed by atoms with Crippen molar-refractivity contribution in [2.75, 3.05) is 20.1 Å². The van der Waals surface area contributed by atoms with E-state index in [0.29, 0.717) is 31.0 Å². The van der Waals surface area contributed by atoms with Gasteiger partial charge in [0.15, 0.2) is 0 Å². The first-order valence-corrected chi connectivity index (χ1v) is 6.30. The molecule has 1 aromatic carbocycles. The molecule has 0 fully saturated rings. The summed E-state index contributed by atoms with van der Waals surface area (Å²) in [5, 5.41) is 0. The molecule has 4 heteroatoms. The highest BCUT2D eigenvalue weighted by molar-refractivity contribution is 5.18. The maximum absolute atomic E-state index is 13.5. The lowest BCUT2D eigenvalue weighted by Crippen LogP contribution is -2.42. The fraction of sp³-hybridized carbons (Fsp3) is 0.571. The first kappa shape index (κ1) is 15.1. The lowest BCUT2D eigenvalue weighted by atomic mass is 10.0. The molecule has 0 amide bonds. The normalized spacial score (nSPS) is 13.3. The van der Waals surface area contributed by atoms with Crippen LogP contribution in [0.4, 0.5) is 8.78 Å². The van der Waals surface area contributed by atoms with Gasteiger partial charge < -0.3 is 10.6 Å². The standard InChI is InChI=1S/C14H22F2N2/c1-10(2)14(9-17)18(3)7-6-11-4-5-12(15)8-13(11)16/h4-5,8,10,14H,6-7,9,17H2,1-3H3. The molecule has 0 aliphatic rings. The minimum absolute atomic E-state index is 0.286. The third kappa shape index (κ3) is 4.03. The van der Waals surface area contributed by atoms with Crippen LogP contribution in [0.1, 0.15) is 19.4 Å². The Kier molecular flexibility index (Phi) is 5.69. The van der Waals surface area contributed by atoms with Gasteiger partial charge in [-0.25, -0.2) is 8.78 Å². The van der Waals surface area contributed by atoms with Gasteiger partial charge in [-0.2, -0.15) is 0 Å². The van der Waals surface area contributed by atoms with Crippen LogP contribution in [-0.4, -0.2) is 31.1 Å².